The highest BCUT2D eigenvalue weighted by molar-refractivity contribution is 14.1. The molecule has 27 heavy (non-hydrogen) atoms. The zero-order chi connectivity index (χ0) is 20.4. The lowest BCUT2D eigenvalue weighted by molar-refractivity contribution is -0.155. The number of aliphatic hydroxyl groups is 1. The standard InChI is InChI=1S/C19H23FINO5/c1-4-8-18(2,17(24)25)22-10-12(9-15(22)23)27-14-7-5-6-13(16(14)20)19(3,26)11-21/h5-7,9,26H,4,8,10-11H2,1-3H3,(H,24,25). The predicted molar refractivity (Wildman–Crippen MR) is 106 cm³/mol. The van der Waals surface area contributed by atoms with Crippen molar-refractivity contribution >= 4 is 34.5 Å². The van der Waals surface area contributed by atoms with E-state index in [4.69, 9.17) is 4.74 Å². The molecule has 148 valence electrons. The molecule has 0 bridgehead atoms. The van der Waals surface area contributed by atoms with Gasteiger partial charge in [0.1, 0.15) is 11.3 Å². The first-order valence-corrected chi connectivity index (χ1v) is 10.1. The fourth-order valence-electron chi connectivity index (χ4n) is 3.04. The van der Waals surface area contributed by atoms with Crippen molar-refractivity contribution in [3.63, 3.8) is 0 Å². The minimum Gasteiger partial charge on any atom is -0.480 e. The Morgan fingerprint density at radius 2 is 2.07 bits per heavy atom. The van der Waals surface area contributed by atoms with Crippen LogP contribution in [0.25, 0.3) is 0 Å². The van der Waals surface area contributed by atoms with Crippen molar-refractivity contribution in [1.29, 1.82) is 0 Å². The first-order chi connectivity index (χ1) is 12.6. The van der Waals surface area contributed by atoms with Crippen LogP contribution in [0.4, 0.5) is 4.39 Å². The van der Waals surface area contributed by atoms with Crippen LogP contribution in [0.3, 0.4) is 0 Å². The second kappa shape index (κ2) is 8.14. The molecule has 2 rings (SSSR count). The number of alkyl halides is 1. The highest BCUT2D eigenvalue weighted by Crippen LogP contribution is 2.33. The van der Waals surface area contributed by atoms with E-state index in [1.807, 2.05) is 29.5 Å². The number of halogens is 2. The summed E-state index contributed by atoms with van der Waals surface area (Å²) in [5.41, 5.74) is -2.63. The van der Waals surface area contributed by atoms with Crippen molar-refractivity contribution in [3.05, 3.63) is 41.4 Å². The Hall–Kier alpha value is -1.68. The van der Waals surface area contributed by atoms with E-state index in [2.05, 4.69) is 0 Å². The quantitative estimate of drug-likeness (QED) is 0.431. The smallest absolute Gasteiger partial charge is 0.329 e. The topological polar surface area (TPSA) is 87.1 Å². The normalized spacial score (nSPS) is 18.7. The molecule has 6 nitrogen and oxygen atoms in total. The monoisotopic (exact) mass is 491 g/mol. The van der Waals surface area contributed by atoms with Crippen molar-refractivity contribution in [2.24, 2.45) is 0 Å². The Labute approximate surface area is 171 Å². The maximum absolute atomic E-state index is 14.8. The number of ether oxygens (including phenoxy) is 1. The number of nitrogens with zero attached hydrogens (tertiary/aromatic N) is 1. The maximum atomic E-state index is 14.8. The lowest BCUT2D eigenvalue weighted by Crippen LogP contribution is -2.53. The van der Waals surface area contributed by atoms with E-state index in [-0.39, 0.29) is 34.5 Å². The fraction of sp³-hybridized carbons (Fsp3) is 0.474. The van der Waals surface area contributed by atoms with Crippen LogP contribution < -0.4 is 4.74 Å². The summed E-state index contributed by atoms with van der Waals surface area (Å²) in [6.07, 6.45) is 2.06. The molecule has 1 aliphatic rings. The van der Waals surface area contributed by atoms with Crippen molar-refractivity contribution in [1.82, 2.24) is 4.90 Å². The predicted octanol–water partition coefficient (Wildman–Crippen LogP) is 3.22. The van der Waals surface area contributed by atoms with Crippen LogP contribution >= 0.6 is 22.6 Å². The molecule has 1 heterocycles. The second-order valence-electron chi connectivity index (χ2n) is 6.99. The molecule has 8 heteroatoms. The average Bonchev–Trinajstić information content (AvgIpc) is 2.97. The molecule has 0 saturated carbocycles. The van der Waals surface area contributed by atoms with Crippen LogP contribution in [-0.4, -0.2) is 43.5 Å². The summed E-state index contributed by atoms with van der Waals surface area (Å²) in [5.74, 6) is -2.25. The third-order valence-corrected chi connectivity index (χ3v) is 6.19. The molecule has 0 radical (unpaired) electrons. The number of amides is 1. The summed E-state index contributed by atoms with van der Waals surface area (Å²) in [5, 5.41) is 19.9. The molecular formula is C19H23FINO5. The zero-order valence-corrected chi connectivity index (χ0v) is 17.6. The lowest BCUT2D eigenvalue weighted by atomic mass is 9.94. The second-order valence-corrected chi connectivity index (χ2v) is 7.75. The highest BCUT2D eigenvalue weighted by atomic mass is 127. The summed E-state index contributed by atoms with van der Waals surface area (Å²) in [6, 6.07) is 4.44. The Morgan fingerprint density at radius 3 is 2.63 bits per heavy atom. The van der Waals surface area contributed by atoms with Crippen LogP contribution in [0, 0.1) is 5.82 Å². The molecule has 1 amide bonds. The Morgan fingerprint density at radius 1 is 1.41 bits per heavy atom. The number of carbonyl (C=O) groups is 2. The van der Waals surface area contributed by atoms with Gasteiger partial charge in [-0.3, -0.25) is 4.79 Å². The molecular weight excluding hydrogens is 468 g/mol. The molecule has 0 saturated heterocycles. The van der Waals surface area contributed by atoms with Crippen LogP contribution in [0.5, 0.6) is 5.75 Å². The van der Waals surface area contributed by atoms with Gasteiger partial charge in [0.15, 0.2) is 11.6 Å². The Balaban J connectivity index is 2.26. The largest absolute Gasteiger partial charge is 0.480 e. The van der Waals surface area contributed by atoms with Gasteiger partial charge in [-0.1, -0.05) is 48.1 Å². The molecule has 2 N–H and O–H groups in total. The molecule has 0 aromatic heterocycles. The van der Waals surface area contributed by atoms with Crippen molar-refractivity contribution in [3.8, 4) is 5.75 Å². The zero-order valence-electron chi connectivity index (χ0n) is 15.5. The van der Waals surface area contributed by atoms with E-state index in [0.29, 0.717) is 6.42 Å². The van der Waals surface area contributed by atoms with E-state index in [1.54, 1.807) is 6.07 Å². The van der Waals surface area contributed by atoms with Crippen LogP contribution in [0.1, 0.15) is 39.2 Å². The SMILES string of the molecule is CCCC(C)(C(=O)O)N1CC(Oc2cccc(C(C)(O)CI)c2F)=CC1=O. The van der Waals surface area contributed by atoms with Gasteiger partial charge in [0.05, 0.1) is 12.1 Å². The number of carboxylic acids is 1. The van der Waals surface area contributed by atoms with Crippen molar-refractivity contribution in [2.45, 2.75) is 44.8 Å². The van der Waals surface area contributed by atoms with Gasteiger partial charge in [-0.25, -0.2) is 9.18 Å². The van der Waals surface area contributed by atoms with E-state index < -0.39 is 28.8 Å². The third kappa shape index (κ3) is 4.26. The van der Waals surface area contributed by atoms with Gasteiger partial charge in [-0.15, -0.1) is 0 Å². The molecule has 1 aromatic rings. The number of hydrogen-bond acceptors (Lipinski definition) is 4. The molecule has 0 fully saturated rings. The summed E-state index contributed by atoms with van der Waals surface area (Å²) < 4.78 is 20.6. The van der Waals surface area contributed by atoms with Crippen molar-refractivity contribution < 1.29 is 28.9 Å². The van der Waals surface area contributed by atoms with Crippen LogP contribution in [0.2, 0.25) is 0 Å². The van der Waals surface area contributed by atoms with Gasteiger partial charge < -0.3 is 19.8 Å². The average molecular weight is 491 g/mol. The van der Waals surface area contributed by atoms with Gasteiger partial charge in [0, 0.05) is 16.1 Å². The van der Waals surface area contributed by atoms with E-state index in [1.165, 1.54) is 37.0 Å². The van der Waals surface area contributed by atoms with Gasteiger partial charge in [-0.05, 0) is 26.3 Å². The molecule has 0 aliphatic carbocycles. The molecule has 2 unspecified atom stereocenters. The minimum absolute atomic E-state index is 0.0615. The van der Waals surface area contributed by atoms with Gasteiger partial charge >= 0.3 is 5.97 Å². The summed E-state index contributed by atoms with van der Waals surface area (Å²) >= 11 is 1.96. The van der Waals surface area contributed by atoms with E-state index in [9.17, 15) is 24.2 Å². The molecule has 0 spiro atoms. The number of hydrogen-bond donors (Lipinski definition) is 2. The molecule has 1 aliphatic heterocycles. The third-order valence-electron chi connectivity index (χ3n) is 4.70. The fourth-order valence-corrected chi connectivity index (χ4v) is 3.45. The van der Waals surface area contributed by atoms with Gasteiger partial charge in [0.2, 0.25) is 0 Å². The summed E-state index contributed by atoms with van der Waals surface area (Å²) in [6.45, 7) is 4.78. The Bertz CT molecular complexity index is 779. The lowest BCUT2D eigenvalue weighted by Gasteiger charge is -2.34. The van der Waals surface area contributed by atoms with Crippen LogP contribution in [0.15, 0.2) is 30.0 Å². The number of aliphatic carboxylic acids is 1. The van der Waals surface area contributed by atoms with Crippen LogP contribution in [-0.2, 0) is 15.2 Å². The summed E-state index contributed by atoms with van der Waals surface area (Å²) in [7, 11) is 0. The van der Waals surface area contributed by atoms with Gasteiger partial charge in [0.25, 0.3) is 5.91 Å². The first-order valence-electron chi connectivity index (χ1n) is 8.57. The number of carboxylic acid groups (broad SMARTS) is 1. The van der Waals surface area contributed by atoms with Crippen molar-refractivity contribution in [2.75, 3.05) is 11.0 Å². The number of carbonyl (C=O) groups excluding carboxylic acids is 1. The number of benzene rings is 1. The van der Waals surface area contributed by atoms with E-state index >= 15 is 0 Å². The highest BCUT2D eigenvalue weighted by Gasteiger charge is 2.44. The van der Waals surface area contributed by atoms with Gasteiger partial charge in [-0.2, -0.15) is 0 Å². The molecule has 1 aromatic carbocycles. The Kier molecular flexibility index (Phi) is 6.51. The maximum Gasteiger partial charge on any atom is 0.329 e. The minimum atomic E-state index is -1.36. The molecule has 2 atom stereocenters. The summed E-state index contributed by atoms with van der Waals surface area (Å²) in [4.78, 5) is 25.3. The number of rotatable bonds is 8. The first kappa shape index (κ1) is 21.6. The van der Waals surface area contributed by atoms with E-state index in [0.717, 1.165) is 0 Å².